The zero-order valence-corrected chi connectivity index (χ0v) is 12.3. The number of hydrogen-bond acceptors (Lipinski definition) is 2. The van der Waals surface area contributed by atoms with Crippen molar-refractivity contribution in [2.24, 2.45) is 0 Å². The van der Waals surface area contributed by atoms with Gasteiger partial charge in [0.15, 0.2) is 0 Å². The van der Waals surface area contributed by atoms with Crippen LogP contribution in [0.25, 0.3) is 0 Å². The fourth-order valence-corrected chi connectivity index (χ4v) is 3.07. The van der Waals surface area contributed by atoms with Crippen LogP contribution in [0.3, 0.4) is 0 Å². The van der Waals surface area contributed by atoms with Crippen molar-refractivity contribution in [3.8, 4) is 5.75 Å². The Bertz CT molecular complexity index is 377. The molecule has 0 aromatic heterocycles. The zero-order chi connectivity index (χ0) is 13.5. The van der Waals surface area contributed by atoms with E-state index in [1.807, 2.05) is 0 Å². The first-order valence-electron chi connectivity index (χ1n) is 7.80. The molecule has 0 saturated heterocycles. The normalized spacial score (nSPS) is 19.6. The molecule has 1 aliphatic heterocycles. The molecule has 2 unspecified atom stereocenters. The summed E-state index contributed by atoms with van der Waals surface area (Å²) in [5, 5.41) is 3.56. The van der Waals surface area contributed by atoms with Crippen molar-refractivity contribution in [1.29, 1.82) is 0 Å². The molecule has 2 nitrogen and oxygen atoms in total. The van der Waals surface area contributed by atoms with Crippen molar-refractivity contribution < 1.29 is 4.74 Å². The molecule has 0 amide bonds. The lowest BCUT2D eigenvalue weighted by molar-refractivity contribution is 0.260. The third kappa shape index (κ3) is 3.97. The summed E-state index contributed by atoms with van der Waals surface area (Å²) in [5.41, 5.74) is 1.42. The standard InChI is InChI=1S/C17H27NO/c1-3-15(18-4-2)9-7-8-14-12-13-19-17-11-6-5-10-16(14)17/h5-6,10-11,14-15,18H,3-4,7-9,12-13H2,1-2H3. The third-order valence-corrected chi connectivity index (χ3v) is 4.17. The minimum absolute atomic E-state index is 0.695. The first-order chi connectivity index (χ1) is 9.35. The van der Waals surface area contributed by atoms with E-state index in [2.05, 4.69) is 43.4 Å². The molecule has 2 atom stereocenters. The van der Waals surface area contributed by atoms with E-state index >= 15 is 0 Å². The molecule has 106 valence electrons. The van der Waals surface area contributed by atoms with Gasteiger partial charge in [-0.05, 0) is 49.8 Å². The number of benzene rings is 1. The van der Waals surface area contributed by atoms with Crippen LogP contribution in [0.4, 0.5) is 0 Å². The number of ether oxygens (including phenoxy) is 1. The Hall–Kier alpha value is -1.02. The summed E-state index contributed by atoms with van der Waals surface area (Å²) in [6, 6.07) is 9.24. The van der Waals surface area contributed by atoms with Gasteiger partial charge in [0.05, 0.1) is 6.61 Å². The Morgan fingerprint density at radius 1 is 1.32 bits per heavy atom. The van der Waals surface area contributed by atoms with Crippen LogP contribution in [0.1, 0.15) is 57.4 Å². The highest BCUT2D eigenvalue weighted by molar-refractivity contribution is 5.37. The van der Waals surface area contributed by atoms with Crippen LogP contribution in [0.5, 0.6) is 5.75 Å². The summed E-state index contributed by atoms with van der Waals surface area (Å²) in [6.45, 7) is 6.43. The molecule has 0 fully saturated rings. The summed E-state index contributed by atoms with van der Waals surface area (Å²) >= 11 is 0. The minimum atomic E-state index is 0.695. The van der Waals surface area contributed by atoms with Crippen LogP contribution in [0, 0.1) is 0 Å². The molecule has 1 aromatic carbocycles. The van der Waals surface area contributed by atoms with Gasteiger partial charge in [0.2, 0.25) is 0 Å². The molecule has 1 N–H and O–H groups in total. The summed E-state index contributed by atoms with van der Waals surface area (Å²) in [4.78, 5) is 0. The first kappa shape index (κ1) is 14.4. The van der Waals surface area contributed by atoms with Gasteiger partial charge in [0.25, 0.3) is 0 Å². The van der Waals surface area contributed by atoms with Crippen molar-refractivity contribution >= 4 is 0 Å². The van der Waals surface area contributed by atoms with E-state index in [-0.39, 0.29) is 0 Å². The Balaban J connectivity index is 1.84. The van der Waals surface area contributed by atoms with Gasteiger partial charge in [-0.3, -0.25) is 0 Å². The lowest BCUT2D eigenvalue weighted by atomic mass is 9.88. The van der Waals surface area contributed by atoms with Crippen LogP contribution in [-0.2, 0) is 0 Å². The molecule has 19 heavy (non-hydrogen) atoms. The maximum Gasteiger partial charge on any atom is 0.122 e. The number of nitrogens with one attached hydrogen (secondary N) is 1. The highest BCUT2D eigenvalue weighted by atomic mass is 16.5. The quantitative estimate of drug-likeness (QED) is 0.797. The molecular weight excluding hydrogens is 234 g/mol. The van der Waals surface area contributed by atoms with E-state index in [0.29, 0.717) is 12.0 Å². The van der Waals surface area contributed by atoms with E-state index in [0.717, 1.165) is 18.9 Å². The molecular formula is C17H27NO. The number of para-hydroxylation sites is 1. The third-order valence-electron chi connectivity index (χ3n) is 4.17. The fraction of sp³-hybridized carbons (Fsp3) is 0.647. The van der Waals surface area contributed by atoms with E-state index in [1.54, 1.807) is 0 Å². The van der Waals surface area contributed by atoms with Crippen LogP contribution in [-0.4, -0.2) is 19.2 Å². The number of fused-ring (bicyclic) bond motifs is 1. The van der Waals surface area contributed by atoms with Crippen LogP contribution >= 0.6 is 0 Å². The largest absolute Gasteiger partial charge is 0.493 e. The number of hydrogen-bond donors (Lipinski definition) is 1. The van der Waals surface area contributed by atoms with E-state index in [1.165, 1.54) is 37.7 Å². The van der Waals surface area contributed by atoms with Crippen molar-refractivity contribution in [3.05, 3.63) is 29.8 Å². The van der Waals surface area contributed by atoms with Crippen molar-refractivity contribution in [1.82, 2.24) is 5.32 Å². The second-order valence-electron chi connectivity index (χ2n) is 5.47. The van der Waals surface area contributed by atoms with Gasteiger partial charge in [-0.1, -0.05) is 38.5 Å². The Labute approximate surface area is 117 Å². The molecule has 0 aliphatic carbocycles. The smallest absolute Gasteiger partial charge is 0.122 e. The first-order valence-corrected chi connectivity index (χ1v) is 7.80. The minimum Gasteiger partial charge on any atom is -0.493 e. The van der Waals surface area contributed by atoms with Gasteiger partial charge in [-0.15, -0.1) is 0 Å². The average Bonchev–Trinajstić information content (AvgIpc) is 2.46. The second-order valence-corrected chi connectivity index (χ2v) is 5.47. The van der Waals surface area contributed by atoms with Crippen molar-refractivity contribution in [2.75, 3.05) is 13.2 Å². The highest BCUT2D eigenvalue weighted by Gasteiger charge is 2.20. The SMILES string of the molecule is CCNC(CC)CCCC1CCOc2ccccc21. The van der Waals surface area contributed by atoms with Gasteiger partial charge < -0.3 is 10.1 Å². The molecule has 2 heteroatoms. The Morgan fingerprint density at radius 3 is 2.95 bits per heavy atom. The van der Waals surface area contributed by atoms with Gasteiger partial charge in [-0.25, -0.2) is 0 Å². The monoisotopic (exact) mass is 261 g/mol. The topological polar surface area (TPSA) is 21.3 Å². The predicted molar refractivity (Wildman–Crippen MR) is 80.9 cm³/mol. The van der Waals surface area contributed by atoms with Gasteiger partial charge in [-0.2, -0.15) is 0 Å². The van der Waals surface area contributed by atoms with Crippen LogP contribution in [0.15, 0.2) is 24.3 Å². The zero-order valence-electron chi connectivity index (χ0n) is 12.3. The second kappa shape index (κ2) is 7.54. The molecule has 0 bridgehead atoms. The molecule has 1 heterocycles. The van der Waals surface area contributed by atoms with E-state index in [4.69, 9.17) is 4.74 Å². The summed E-state index contributed by atoms with van der Waals surface area (Å²) in [6.07, 6.45) is 6.31. The van der Waals surface area contributed by atoms with Crippen LogP contribution < -0.4 is 10.1 Å². The average molecular weight is 261 g/mol. The Morgan fingerprint density at radius 2 is 2.16 bits per heavy atom. The maximum absolute atomic E-state index is 5.73. The van der Waals surface area contributed by atoms with E-state index < -0.39 is 0 Å². The summed E-state index contributed by atoms with van der Waals surface area (Å²) in [5.74, 6) is 1.81. The molecule has 1 aliphatic rings. The summed E-state index contributed by atoms with van der Waals surface area (Å²) in [7, 11) is 0. The molecule has 0 radical (unpaired) electrons. The molecule has 2 rings (SSSR count). The van der Waals surface area contributed by atoms with E-state index in [9.17, 15) is 0 Å². The molecule has 1 aromatic rings. The highest BCUT2D eigenvalue weighted by Crippen LogP contribution is 2.36. The predicted octanol–water partition coefficient (Wildman–Crippen LogP) is 4.11. The van der Waals surface area contributed by atoms with Gasteiger partial charge >= 0.3 is 0 Å². The summed E-state index contributed by atoms with van der Waals surface area (Å²) < 4.78 is 5.73. The molecule has 0 spiro atoms. The maximum atomic E-state index is 5.73. The van der Waals surface area contributed by atoms with Gasteiger partial charge in [0.1, 0.15) is 5.75 Å². The fourth-order valence-electron chi connectivity index (χ4n) is 3.07. The lowest BCUT2D eigenvalue weighted by Gasteiger charge is -2.26. The number of rotatable bonds is 7. The molecule has 0 saturated carbocycles. The lowest BCUT2D eigenvalue weighted by Crippen LogP contribution is -2.28. The van der Waals surface area contributed by atoms with Crippen molar-refractivity contribution in [2.45, 2.75) is 57.9 Å². The van der Waals surface area contributed by atoms with Gasteiger partial charge in [0, 0.05) is 6.04 Å². The van der Waals surface area contributed by atoms with Crippen LogP contribution in [0.2, 0.25) is 0 Å². The van der Waals surface area contributed by atoms with Crippen molar-refractivity contribution in [3.63, 3.8) is 0 Å². The Kier molecular flexibility index (Phi) is 5.71.